The van der Waals surface area contributed by atoms with Gasteiger partial charge in [0.15, 0.2) is 0 Å². The molecule has 0 aliphatic carbocycles. The number of carbonyl (C=O) groups is 2. The second-order valence-electron chi connectivity index (χ2n) is 11.3. The van der Waals surface area contributed by atoms with Gasteiger partial charge in [0.25, 0.3) is 0 Å². The van der Waals surface area contributed by atoms with Gasteiger partial charge in [0.05, 0.1) is 0 Å². The van der Waals surface area contributed by atoms with E-state index >= 15 is 0 Å². The molecule has 0 aromatic carbocycles. The Kier molecular flexibility index (Phi) is 31.8. The molecule has 0 rings (SSSR count). The molecule has 0 fully saturated rings. The second kappa shape index (κ2) is 33.9. The van der Waals surface area contributed by atoms with Crippen LogP contribution in [0.2, 0.25) is 0 Å². The monoisotopic (exact) mass is 596 g/mol. The molecule has 43 heavy (non-hydrogen) atoms. The van der Waals surface area contributed by atoms with Gasteiger partial charge in [0.2, 0.25) is 0 Å². The van der Waals surface area contributed by atoms with E-state index in [0.717, 1.165) is 109 Å². The number of allylic oxidation sites excluding steroid dienone is 12. The third-order valence-electron chi connectivity index (χ3n) is 7.19. The third-order valence-corrected chi connectivity index (χ3v) is 7.19. The molecule has 0 aromatic heterocycles. The van der Waals surface area contributed by atoms with Crippen LogP contribution in [0, 0.1) is 0 Å². The van der Waals surface area contributed by atoms with Crippen molar-refractivity contribution in [3.05, 3.63) is 72.9 Å². The Morgan fingerprint density at radius 3 is 1.49 bits per heavy atom. The third kappa shape index (κ3) is 33.7. The zero-order valence-electron chi connectivity index (χ0n) is 27.7. The van der Waals surface area contributed by atoms with Crippen molar-refractivity contribution in [1.82, 2.24) is 0 Å². The summed E-state index contributed by atoms with van der Waals surface area (Å²) in [6.07, 6.45) is 47.9. The van der Waals surface area contributed by atoms with Gasteiger partial charge in [-0.3, -0.25) is 9.59 Å². The lowest BCUT2D eigenvalue weighted by Crippen LogP contribution is -2.18. The van der Waals surface area contributed by atoms with Crippen LogP contribution in [-0.4, -0.2) is 23.1 Å². The Morgan fingerprint density at radius 2 is 0.977 bits per heavy atom. The molecule has 0 aliphatic heterocycles. The van der Waals surface area contributed by atoms with E-state index in [1.807, 2.05) is 0 Å². The Morgan fingerprint density at radius 1 is 0.535 bits per heavy atom. The molecule has 4 nitrogen and oxygen atoms in total. The highest BCUT2D eigenvalue weighted by Gasteiger charge is 2.14. The SMILES string of the molecule is CC/C=C\C/C=C\C/C=C\C/C=C\C/C=C\C/C=C\CCCCC(=O)OC(CCCCCC)CCCCCCCC(=O)O. The summed E-state index contributed by atoms with van der Waals surface area (Å²) in [5.74, 6) is -0.763. The van der Waals surface area contributed by atoms with Crippen molar-refractivity contribution in [2.24, 2.45) is 0 Å². The van der Waals surface area contributed by atoms with Gasteiger partial charge in [0.1, 0.15) is 6.10 Å². The number of carbonyl (C=O) groups excluding carboxylic acids is 1. The predicted molar refractivity (Wildman–Crippen MR) is 185 cm³/mol. The quantitative estimate of drug-likeness (QED) is 0.0509. The van der Waals surface area contributed by atoms with Crippen LogP contribution in [0.1, 0.15) is 155 Å². The summed E-state index contributed by atoms with van der Waals surface area (Å²) in [6.45, 7) is 4.37. The van der Waals surface area contributed by atoms with Gasteiger partial charge in [-0.25, -0.2) is 0 Å². The molecule has 1 atom stereocenters. The summed E-state index contributed by atoms with van der Waals surface area (Å²) in [5.41, 5.74) is 0. The van der Waals surface area contributed by atoms with Crippen molar-refractivity contribution in [3.63, 3.8) is 0 Å². The average molecular weight is 597 g/mol. The zero-order valence-corrected chi connectivity index (χ0v) is 27.7. The number of carboxylic acid groups (broad SMARTS) is 1. The Bertz CT molecular complexity index is 815. The van der Waals surface area contributed by atoms with Crippen molar-refractivity contribution in [1.29, 1.82) is 0 Å². The van der Waals surface area contributed by atoms with E-state index in [-0.39, 0.29) is 18.5 Å². The first-order valence-electron chi connectivity index (χ1n) is 17.4. The smallest absolute Gasteiger partial charge is 0.306 e. The molecule has 0 heterocycles. The zero-order chi connectivity index (χ0) is 31.5. The van der Waals surface area contributed by atoms with Crippen LogP contribution < -0.4 is 0 Å². The van der Waals surface area contributed by atoms with Crippen molar-refractivity contribution in [3.8, 4) is 0 Å². The number of carboxylic acids is 1. The topological polar surface area (TPSA) is 63.6 Å². The van der Waals surface area contributed by atoms with Crippen molar-refractivity contribution < 1.29 is 19.4 Å². The van der Waals surface area contributed by atoms with E-state index in [1.54, 1.807) is 0 Å². The fraction of sp³-hybridized carbons (Fsp3) is 0.641. The van der Waals surface area contributed by atoms with Crippen LogP contribution in [0.25, 0.3) is 0 Å². The Hall–Kier alpha value is -2.62. The minimum atomic E-state index is -0.712. The van der Waals surface area contributed by atoms with E-state index in [0.29, 0.717) is 6.42 Å². The average Bonchev–Trinajstić information content (AvgIpc) is 2.99. The molecule has 1 N–H and O–H groups in total. The molecule has 0 saturated carbocycles. The summed E-state index contributed by atoms with van der Waals surface area (Å²) >= 11 is 0. The van der Waals surface area contributed by atoms with Crippen molar-refractivity contribution in [2.75, 3.05) is 0 Å². The second-order valence-corrected chi connectivity index (χ2v) is 11.3. The van der Waals surface area contributed by atoms with Crippen molar-refractivity contribution >= 4 is 11.9 Å². The highest BCUT2D eigenvalue weighted by molar-refractivity contribution is 5.69. The fourth-order valence-electron chi connectivity index (χ4n) is 4.66. The van der Waals surface area contributed by atoms with Gasteiger partial charge in [-0.15, -0.1) is 0 Å². The van der Waals surface area contributed by atoms with Crippen LogP contribution in [0.3, 0.4) is 0 Å². The Labute approximate surface area is 265 Å². The maximum absolute atomic E-state index is 12.5. The van der Waals surface area contributed by atoms with Crippen LogP contribution in [0.5, 0.6) is 0 Å². The molecule has 0 aliphatic rings. The van der Waals surface area contributed by atoms with E-state index in [1.165, 1.54) is 19.3 Å². The summed E-state index contributed by atoms with van der Waals surface area (Å²) in [7, 11) is 0. The fourth-order valence-corrected chi connectivity index (χ4v) is 4.66. The summed E-state index contributed by atoms with van der Waals surface area (Å²) in [6, 6.07) is 0. The van der Waals surface area contributed by atoms with E-state index in [4.69, 9.17) is 9.84 Å². The molecule has 0 bridgehead atoms. The molecular weight excluding hydrogens is 532 g/mol. The van der Waals surface area contributed by atoms with Crippen LogP contribution in [-0.2, 0) is 14.3 Å². The molecule has 4 heteroatoms. The standard InChI is InChI=1S/C39H64O4/c1-3-5-7-9-10-11-12-13-14-15-16-17-18-19-20-21-22-23-24-28-32-36-39(42)43-37(33-29-8-6-4-2)34-30-26-25-27-31-35-38(40)41/h5,7,10-11,13-14,16-17,19-20,22-23,37H,3-4,6,8-9,12,15,18,21,24-36H2,1-2H3,(H,40,41)/b7-5-,11-10-,14-13-,17-16-,20-19-,23-22-. The van der Waals surface area contributed by atoms with E-state index < -0.39 is 5.97 Å². The van der Waals surface area contributed by atoms with Gasteiger partial charge >= 0.3 is 11.9 Å². The van der Waals surface area contributed by atoms with Gasteiger partial charge in [-0.2, -0.15) is 0 Å². The van der Waals surface area contributed by atoms with Gasteiger partial charge < -0.3 is 9.84 Å². The summed E-state index contributed by atoms with van der Waals surface area (Å²) in [4.78, 5) is 23.1. The Balaban J connectivity index is 3.93. The molecule has 0 amide bonds. The molecule has 244 valence electrons. The largest absolute Gasteiger partial charge is 0.481 e. The lowest BCUT2D eigenvalue weighted by atomic mass is 10.0. The maximum Gasteiger partial charge on any atom is 0.306 e. The first kappa shape index (κ1) is 40.4. The number of rotatable bonds is 30. The molecule has 0 saturated heterocycles. The first-order chi connectivity index (χ1) is 21.1. The van der Waals surface area contributed by atoms with E-state index in [9.17, 15) is 9.59 Å². The number of ether oxygens (including phenoxy) is 1. The number of esters is 1. The summed E-state index contributed by atoms with van der Waals surface area (Å²) in [5, 5.41) is 8.74. The maximum atomic E-state index is 12.5. The molecular formula is C39H64O4. The number of hydrogen-bond acceptors (Lipinski definition) is 3. The van der Waals surface area contributed by atoms with Gasteiger partial charge in [-0.1, -0.05) is 125 Å². The highest BCUT2D eigenvalue weighted by Crippen LogP contribution is 2.17. The lowest BCUT2D eigenvalue weighted by molar-refractivity contribution is -0.150. The minimum absolute atomic E-state index is 0.0340. The number of hydrogen-bond donors (Lipinski definition) is 1. The van der Waals surface area contributed by atoms with Crippen LogP contribution in [0.15, 0.2) is 72.9 Å². The predicted octanol–water partition coefficient (Wildman–Crippen LogP) is 11.9. The molecule has 0 aromatic rings. The molecule has 1 unspecified atom stereocenters. The molecule has 0 radical (unpaired) electrons. The van der Waals surface area contributed by atoms with Gasteiger partial charge in [-0.05, 0) is 89.9 Å². The first-order valence-corrected chi connectivity index (χ1v) is 17.4. The lowest BCUT2D eigenvalue weighted by Gasteiger charge is -2.18. The van der Waals surface area contributed by atoms with Crippen LogP contribution >= 0.6 is 0 Å². The highest BCUT2D eigenvalue weighted by atomic mass is 16.5. The normalized spacial score (nSPS) is 13.2. The summed E-state index contributed by atoms with van der Waals surface area (Å²) < 4.78 is 5.88. The van der Waals surface area contributed by atoms with Crippen LogP contribution in [0.4, 0.5) is 0 Å². The van der Waals surface area contributed by atoms with Crippen molar-refractivity contribution in [2.45, 2.75) is 161 Å². The number of aliphatic carboxylic acids is 1. The minimum Gasteiger partial charge on any atom is -0.481 e. The van der Waals surface area contributed by atoms with Gasteiger partial charge in [0, 0.05) is 12.8 Å². The van der Waals surface area contributed by atoms with E-state index in [2.05, 4.69) is 86.8 Å². The number of unbranched alkanes of at least 4 members (excludes halogenated alkanes) is 9. The molecule has 0 spiro atoms.